The molecule has 0 N–H and O–H groups in total. The van der Waals surface area contributed by atoms with Crippen molar-refractivity contribution in [3.63, 3.8) is 0 Å². The van der Waals surface area contributed by atoms with Crippen LogP contribution in [0.3, 0.4) is 0 Å². The Kier molecular flexibility index (Phi) is 7.24. The van der Waals surface area contributed by atoms with Crippen molar-refractivity contribution >= 4 is 23.0 Å². The average Bonchev–Trinajstić information content (AvgIpc) is 3.14. The van der Waals surface area contributed by atoms with Crippen molar-refractivity contribution < 1.29 is 22.7 Å². The fourth-order valence-electron chi connectivity index (χ4n) is 4.14. The largest absolute Gasteiger partial charge is 0.573 e. The standard InChI is InChI=1S/C28H26F3N3O2/c1-18(2)24-7-5-4-6-21(24)15-22(35)17-32-16-19-8-13-26-25(14-19)33-27(34(26)3)20-9-11-23(12-10-20)36-28(29,30)31/h4-14,16,18H,15,17H2,1-3H3. The molecule has 0 aliphatic rings. The molecule has 1 heterocycles. The number of carbonyl (C=O) groups is 1. The number of hydrogen-bond donors (Lipinski definition) is 0. The number of Topliss-reactive ketones (excluding diaryl/α,β-unsaturated/α-hetero) is 1. The molecule has 0 spiro atoms. The van der Waals surface area contributed by atoms with E-state index in [1.54, 1.807) is 6.21 Å². The molecule has 0 radical (unpaired) electrons. The number of nitrogens with zero attached hydrogens (tertiary/aromatic N) is 3. The number of hydrogen-bond acceptors (Lipinski definition) is 4. The van der Waals surface area contributed by atoms with Crippen LogP contribution in [0.25, 0.3) is 22.4 Å². The third kappa shape index (κ3) is 6.00. The van der Waals surface area contributed by atoms with Crippen LogP contribution in [0.1, 0.15) is 36.5 Å². The summed E-state index contributed by atoms with van der Waals surface area (Å²) in [5, 5.41) is 0. The number of carbonyl (C=O) groups excluding carboxylic acids is 1. The second-order valence-electron chi connectivity index (χ2n) is 8.85. The van der Waals surface area contributed by atoms with Gasteiger partial charge in [-0.25, -0.2) is 4.98 Å². The molecule has 0 saturated heterocycles. The Balaban J connectivity index is 1.46. The van der Waals surface area contributed by atoms with E-state index < -0.39 is 6.36 Å². The van der Waals surface area contributed by atoms with Crippen LogP contribution in [0, 0.1) is 0 Å². The lowest BCUT2D eigenvalue weighted by atomic mass is 9.94. The number of aromatic nitrogens is 2. The molecule has 0 saturated carbocycles. The highest BCUT2D eigenvalue weighted by atomic mass is 19.4. The monoisotopic (exact) mass is 493 g/mol. The summed E-state index contributed by atoms with van der Waals surface area (Å²) in [6.07, 6.45) is -2.73. The number of ketones is 1. The van der Waals surface area contributed by atoms with Crippen molar-refractivity contribution in [1.29, 1.82) is 0 Å². The van der Waals surface area contributed by atoms with Crippen LogP contribution >= 0.6 is 0 Å². The van der Waals surface area contributed by atoms with Crippen LogP contribution < -0.4 is 4.74 Å². The lowest BCUT2D eigenvalue weighted by molar-refractivity contribution is -0.274. The van der Waals surface area contributed by atoms with Crippen LogP contribution in [0.2, 0.25) is 0 Å². The molecule has 4 aromatic rings. The topological polar surface area (TPSA) is 56.5 Å². The van der Waals surface area contributed by atoms with Crippen molar-refractivity contribution in [2.75, 3.05) is 6.54 Å². The highest BCUT2D eigenvalue weighted by molar-refractivity contribution is 5.91. The molecule has 3 aromatic carbocycles. The van der Waals surface area contributed by atoms with E-state index in [0.717, 1.165) is 16.6 Å². The molecule has 0 bridgehead atoms. The maximum atomic E-state index is 12.5. The number of imidazole rings is 1. The second-order valence-corrected chi connectivity index (χ2v) is 8.85. The van der Waals surface area contributed by atoms with Gasteiger partial charge in [-0.05, 0) is 59.0 Å². The van der Waals surface area contributed by atoms with Crippen molar-refractivity contribution in [2.24, 2.45) is 12.0 Å². The molecule has 0 fully saturated rings. The van der Waals surface area contributed by atoms with Crippen LogP contribution in [0.15, 0.2) is 71.7 Å². The number of halogens is 3. The lowest BCUT2D eigenvalue weighted by Gasteiger charge is -2.11. The lowest BCUT2D eigenvalue weighted by Crippen LogP contribution is -2.16. The van der Waals surface area contributed by atoms with Gasteiger partial charge in [-0.3, -0.25) is 9.79 Å². The summed E-state index contributed by atoms with van der Waals surface area (Å²) >= 11 is 0. The van der Waals surface area contributed by atoms with Gasteiger partial charge in [0.05, 0.1) is 17.6 Å². The molecule has 186 valence electrons. The second kappa shape index (κ2) is 10.4. The summed E-state index contributed by atoms with van der Waals surface area (Å²) < 4.78 is 43.0. The quantitative estimate of drug-likeness (QED) is 0.264. The van der Waals surface area contributed by atoms with E-state index in [-0.39, 0.29) is 18.1 Å². The first-order valence-corrected chi connectivity index (χ1v) is 11.5. The van der Waals surface area contributed by atoms with Crippen LogP contribution in [0.5, 0.6) is 5.75 Å². The highest BCUT2D eigenvalue weighted by Gasteiger charge is 2.31. The zero-order valence-electron chi connectivity index (χ0n) is 20.2. The Labute approximate surface area is 207 Å². The first-order chi connectivity index (χ1) is 17.1. The molecular weight excluding hydrogens is 467 g/mol. The Morgan fingerprint density at radius 3 is 2.50 bits per heavy atom. The minimum Gasteiger partial charge on any atom is -0.406 e. The summed E-state index contributed by atoms with van der Waals surface area (Å²) in [7, 11) is 1.84. The van der Waals surface area contributed by atoms with Gasteiger partial charge < -0.3 is 9.30 Å². The third-order valence-electron chi connectivity index (χ3n) is 5.82. The predicted octanol–water partition coefficient (Wildman–Crippen LogP) is 6.49. The molecular formula is C28H26F3N3O2. The summed E-state index contributed by atoms with van der Waals surface area (Å²) in [6.45, 7) is 4.31. The number of alkyl halides is 3. The van der Waals surface area contributed by atoms with Crippen LogP contribution in [0.4, 0.5) is 13.2 Å². The molecule has 8 heteroatoms. The van der Waals surface area contributed by atoms with E-state index in [4.69, 9.17) is 0 Å². The Bertz CT molecular complexity index is 1400. The fraction of sp³-hybridized carbons (Fsp3) is 0.250. The number of rotatable bonds is 8. The molecule has 4 rings (SSSR count). The molecule has 1 aromatic heterocycles. The van der Waals surface area contributed by atoms with E-state index >= 15 is 0 Å². The Hall–Kier alpha value is -3.94. The zero-order chi connectivity index (χ0) is 25.9. The van der Waals surface area contributed by atoms with Crippen molar-refractivity contribution in [2.45, 2.75) is 32.5 Å². The summed E-state index contributed by atoms with van der Waals surface area (Å²) in [4.78, 5) is 21.5. The molecule has 5 nitrogen and oxygen atoms in total. The van der Waals surface area contributed by atoms with E-state index in [0.29, 0.717) is 29.2 Å². The normalized spacial score (nSPS) is 12.1. The van der Waals surface area contributed by atoms with Crippen LogP contribution in [-0.2, 0) is 18.3 Å². The van der Waals surface area contributed by atoms with E-state index in [2.05, 4.69) is 34.6 Å². The van der Waals surface area contributed by atoms with Gasteiger partial charge in [0.25, 0.3) is 0 Å². The highest BCUT2D eigenvalue weighted by Crippen LogP contribution is 2.28. The van der Waals surface area contributed by atoms with Gasteiger partial charge in [-0.15, -0.1) is 13.2 Å². The van der Waals surface area contributed by atoms with Gasteiger partial charge in [0.2, 0.25) is 0 Å². The van der Waals surface area contributed by atoms with Crippen molar-refractivity contribution in [3.05, 3.63) is 83.4 Å². The van der Waals surface area contributed by atoms with Crippen molar-refractivity contribution in [3.8, 4) is 17.1 Å². The van der Waals surface area contributed by atoms with E-state index in [9.17, 15) is 18.0 Å². The van der Waals surface area contributed by atoms with Gasteiger partial charge >= 0.3 is 6.36 Å². The Morgan fingerprint density at radius 2 is 1.81 bits per heavy atom. The Morgan fingerprint density at radius 1 is 1.08 bits per heavy atom. The van der Waals surface area contributed by atoms with Gasteiger partial charge in [0.15, 0.2) is 5.78 Å². The number of ether oxygens (including phenoxy) is 1. The molecule has 0 aliphatic carbocycles. The number of fused-ring (bicyclic) bond motifs is 1. The minimum atomic E-state index is -4.74. The first-order valence-electron chi connectivity index (χ1n) is 11.5. The summed E-state index contributed by atoms with van der Waals surface area (Å²) in [5.41, 5.74) is 5.24. The molecule has 0 atom stereocenters. The molecule has 36 heavy (non-hydrogen) atoms. The number of aliphatic imine (C=N–C) groups is 1. The molecule has 0 amide bonds. The smallest absolute Gasteiger partial charge is 0.406 e. The summed E-state index contributed by atoms with van der Waals surface area (Å²) in [5.74, 6) is 0.708. The number of benzene rings is 3. The van der Waals surface area contributed by atoms with Crippen LogP contribution in [-0.4, -0.2) is 34.5 Å². The predicted molar refractivity (Wildman–Crippen MR) is 135 cm³/mol. The summed E-state index contributed by atoms with van der Waals surface area (Å²) in [6, 6.07) is 19.2. The maximum absolute atomic E-state index is 12.5. The minimum absolute atomic E-state index is 0.0403. The molecule has 0 unspecified atom stereocenters. The first kappa shape index (κ1) is 25.2. The van der Waals surface area contributed by atoms with E-state index in [1.165, 1.54) is 29.8 Å². The van der Waals surface area contributed by atoms with Crippen molar-refractivity contribution in [1.82, 2.24) is 9.55 Å². The van der Waals surface area contributed by atoms with Gasteiger partial charge in [-0.2, -0.15) is 0 Å². The molecule has 0 aliphatic heterocycles. The van der Waals surface area contributed by atoms with E-state index in [1.807, 2.05) is 48.0 Å². The zero-order valence-corrected chi connectivity index (χ0v) is 20.2. The van der Waals surface area contributed by atoms with Gasteiger partial charge in [-0.1, -0.05) is 44.2 Å². The third-order valence-corrected chi connectivity index (χ3v) is 5.82. The average molecular weight is 494 g/mol. The van der Waals surface area contributed by atoms with Gasteiger partial charge in [0, 0.05) is 25.2 Å². The fourth-order valence-corrected chi connectivity index (χ4v) is 4.14. The SMILES string of the molecule is CC(C)c1ccccc1CC(=O)CN=Cc1ccc2c(c1)nc(-c1ccc(OC(F)(F)F)cc1)n2C. The maximum Gasteiger partial charge on any atom is 0.573 e. The number of aryl methyl sites for hydroxylation is 1. The van der Waals surface area contributed by atoms with Gasteiger partial charge in [0.1, 0.15) is 11.6 Å².